The maximum absolute atomic E-state index is 12.5. The van der Waals surface area contributed by atoms with E-state index in [9.17, 15) is 8.42 Å². The van der Waals surface area contributed by atoms with E-state index in [-0.39, 0.29) is 29.7 Å². The predicted molar refractivity (Wildman–Crippen MR) is 137 cm³/mol. The van der Waals surface area contributed by atoms with Gasteiger partial charge in [0.2, 0.25) is 10.0 Å². The summed E-state index contributed by atoms with van der Waals surface area (Å²) in [6.07, 6.45) is 0. The maximum Gasteiger partial charge on any atom is 0.215 e. The number of aryl methyl sites for hydroxylation is 1. The van der Waals surface area contributed by atoms with Crippen LogP contribution in [0.15, 0.2) is 29.3 Å². The van der Waals surface area contributed by atoms with Gasteiger partial charge in [0, 0.05) is 70.9 Å². The van der Waals surface area contributed by atoms with E-state index in [1.165, 1.54) is 11.1 Å². The smallest absolute Gasteiger partial charge is 0.215 e. The molecule has 2 aliphatic rings. The Labute approximate surface area is 202 Å². The van der Waals surface area contributed by atoms with E-state index >= 15 is 0 Å². The van der Waals surface area contributed by atoms with Gasteiger partial charge >= 0.3 is 0 Å². The number of halogens is 1. The van der Waals surface area contributed by atoms with Crippen LogP contribution in [0.1, 0.15) is 11.1 Å². The number of thioether (sulfide) groups is 1. The fraction of sp³-hybridized carbons (Fsp3) is 0.650. The van der Waals surface area contributed by atoms with E-state index in [0.717, 1.165) is 50.2 Å². The first-order chi connectivity index (χ1) is 14.0. The molecule has 1 aromatic rings. The minimum atomic E-state index is -3.19. The molecule has 2 fully saturated rings. The molecule has 0 amide bonds. The summed E-state index contributed by atoms with van der Waals surface area (Å²) in [5.74, 6) is 2.69. The van der Waals surface area contributed by atoms with Gasteiger partial charge in [-0.25, -0.2) is 12.7 Å². The summed E-state index contributed by atoms with van der Waals surface area (Å²) in [4.78, 5) is 9.04. The Kier molecular flexibility index (Phi) is 10.7. The number of hydrogen-bond acceptors (Lipinski definition) is 5. The van der Waals surface area contributed by atoms with Crippen molar-refractivity contribution in [2.75, 3.05) is 70.1 Å². The van der Waals surface area contributed by atoms with Crippen molar-refractivity contribution < 1.29 is 8.42 Å². The number of guanidine groups is 1. The molecule has 2 saturated heterocycles. The second-order valence-electron chi connectivity index (χ2n) is 7.55. The SMILES string of the molecule is CN=C(NCCS(=O)(=O)N1CCSCC1)N1CCN(Cc2cccc(C)c2)CC1.I. The molecule has 0 radical (unpaired) electrons. The zero-order valence-electron chi connectivity index (χ0n) is 17.9. The van der Waals surface area contributed by atoms with Crippen molar-refractivity contribution in [1.82, 2.24) is 19.4 Å². The lowest BCUT2D eigenvalue weighted by molar-refractivity contribution is 0.172. The van der Waals surface area contributed by atoms with Crippen molar-refractivity contribution in [1.29, 1.82) is 0 Å². The Morgan fingerprint density at radius 2 is 1.83 bits per heavy atom. The Morgan fingerprint density at radius 3 is 2.47 bits per heavy atom. The minimum Gasteiger partial charge on any atom is -0.355 e. The molecule has 0 aliphatic carbocycles. The summed E-state index contributed by atoms with van der Waals surface area (Å²) < 4.78 is 26.6. The zero-order chi connectivity index (χ0) is 20.7. The molecule has 1 aromatic carbocycles. The molecule has 170 valence electrons. The van der Waals surface area contributed by atoms with Crippen LogP contribution in [0, 0.1) is 6.92 Å². The topological polar surface area (TPSA) is 68.2 Å². The van der Waals surface area contributed by atoms with Crippen LogP contribution in [0.25, 0.3) is 0 Å². The van der Waals surface area contributed by atoms with E-state index in [0.29, 0.717) is 19.6 Å². The number of benzene rings is 1. The Balaban J connectivity index is 0.00000320. The number of hydrogen-bond donors (Lipinski definition) is 1. The van der Waals surface area contributed by atoms with Gasteiger partial charge in [0.25, 0.3) is 0 Å². The number of nitrogens with one attached hydrogen (secondary N) is 1. The van der Waals surface area contributed by atoms with Gasteiger partial charge in [-0.05, 0) is 12.5 Å². The molecule has 1 N–H and O–H groups in total. The molecule has 30 heavy (non-hydrogen) atoms. The normalized spacial score (nSPS) is 19.4. The van der Waals surface area contributed by atoms with E-state index in [2.05, 4.69) is 51.3 Å². The third-order valence-corrected chi connectivity index (χ3v) is 8.19. The quantitative estimate of drug-likeness (QED) is 0.321. The first-order valence-electron chi connectivity index (χ1n) is 10.3. The molecule has 0 bridgehead atoms. The number of piperazine rings is 1. The fourth-order valence-electron chi connectivity index (χ4n) is 3.76. The van der Waals surface area contributed by atoms with Crippen molar-refractivity contribution >= 4 is 51.7 Å². The summed E-state index contributed by atoms with van der Waals surface area (Å²) in [7, 11) is -1.43. The number of aliphatic imine (C=N–C) groups is 1. The molecule has 10 heteroatoms. The number of sulfonamides is 1. The van der Waals surface area contributed by atoms with Crippen LogP contribution in [-0.2, 0) is 16.6 Å². The summed E-state index contributed by atoms with van der Waals surface area (Å²) in [5, 5.41) is 3.25. The van der Waals surface area contributed by atoms with Crippen LogP contribution in [-0.4, -0.2) is 98.6 Å². The van der Waals surface area contributed by atoms with Gasteiger partial charge in [-0.3, -0.25) is 9.89 Å². The van der Waals surface area contributed by atoms with Crippen LogP contribution in [0.4, 0.5) is 0 Å². The Bertz CT molecular complexity index is 792. The maximum atomic E-state index is 12.5. The largest absolute Gasteiger partial charge is 0.355 e. The summed E-state index contributed by atoms with van der Waals surface area (Å²) in [6, 6.07) is 8.67. The third-order valence-electron chi connectivity index (χ3n) is 5.38. The molecule has 2 aliphatic heterocycles. The summed E-state index contributed by atoms with van der Waals surface area (Å²) >= 11 is 1.82. The highest BCUT2D eigenvalue weighted by molar-refractivity contribution is 14.0. The predicted octanol–water partition coefficient (Wildman–Crippen LogP) is 1.68. The van der Waals surface area contributed by atoms with E-state index < -0.39 is 10.0 Å². The highest BCUT2D eigenvalue weighted by Gasteiger charge is 2.24. The molecule has 7 nitrogen and oxygen atoms in total. The van der Waals surface area contributed by atoms with E-state index in [4.69, 9.17) is 0 Å². The molecular weight excluding hydrogens is 533 g/mol. The van der Waals surface area contributed by atoms with Crippen LogP contribution < -0.4 is 5.32 Å². The van der Waals surface area contributed by atoms with Crippen molar-refractivity contribution in [2.24, 2.45) is 4.99 Å². The van der Waals surface area contributed by atoms with Gasteiger partial charge < -0.3 is 10.2 Å². The molecule has 0 aromatic heterocycles. The fourth-order valence-corrected chi connectivity index (χ4v) is 6.26. The monoisotopic (exact) mass is 567 g/mol. The average Bonchev–Trinajstić information content (AvgIpc) is 2.73. The van der Waals surface area contributed by atoms with Crippen molar-refractivity contribution in [3.63, 3.8) is 0 Å². The second-order valence-corrected chi connectivity index (χ2v) is 10.9. The van der Waals surface area contributed by atoms with Crippen molar-refractivity contribution in [2.45, 2.75) is 13.5 Å². The lowest BCUT2D eigenvalue weighted by Gasteiger charge is -2.36. The highest BCUT2D eigenvalue weighted by Crippen LogP contribution is 2.13. The minimum absolute atomic E-state index is 0. The Morgan fingerprint density at radius 1 is 1.13 bits per heavy atom. The second kappa shape index (κ2) is 12.5. The molecular formula is C20H34IN5O2S2. The molecule has 3 rings (SSSR count). The third kappa shape index (κ3) is 7.54. The lowest BCUT2D eigenvalue weighted by Crippen LogP contribution is -2.53. The van der Waals surface area contributed by atoms with Crippen LogP contribution >= 0.6 is 35.7 Å². The molecule has 2 heterocycles. The first kappa shape index (κ1) is 25.7. The van der Waals surface area contributed by atoms with E-state index in [1.54, 1.807) is 11.4 Å². The van der Waals surface area contributed by atoms with Crippen LogP contribution in [0.3, 0.4) is 0 Å². The van der Waals surface area contributed by atoms with E-state index in [1.807, 2.05) is 11.8 Å². The number of nitrogens with zero attached hydrogens (tertiary/aromatic N) is 4. The average molecular weight is 568 g/mol. The van der Waals surface area contributed by atoms with Gasteiger partial charge in [0.05, 0.1) is 5.75 Å². The summed E-state index contributed by atoms with van der Waals surface area (Å²) in [5.41, 5.74) is 2.64. The number of rotatable bonds is 6. The summed E-state index contributed by atoms with van der Waals surface area (Å²) in [6.45, 7) is 8.47. The molecule has 0 atom stereocenters. The van der Waals surface area contributed by atoms with Crippen LogP contribution in [0.2, 0.25) is 0 Å². The molecule has 0 spiro atoms. The van der Waals surface area contributed by atoms with Gasteiger partial charge in [0.15, 0.2) is 5.96 Å². The Hall–Kier alpha value is -0.560. The van der Waals surface area contributed by atoms with Crippen LogP contribution in [0.5, 0.6) is 0 Å². The first-order valence-corrected chi connectivity index (χ1v) is 13.0. The lowest BCUT2D eigenvalue weighted by atomic mass is 10.1. The van der Waals surface area contributed by atoms with Gasteiger partial charge in [-0.15, -0.1) is 24.0 Å². The zero-order valence-corrected chi connectivity index (χ0v) is 21.9. The van der Waals surface area contributed by atoms with Crippen molar-refractivity contribution in [3.05, 3.63) is 35.4 Å². The van der Waals surface area contributed by atoms with Crippen molar-refractivity contribution in [3.8, 4) is 0 Å². The highest BCUT2D eigenvalue weighted by atomic mass is 127. The molecule has 0 unspecified atom stereocenters. The molecule has 0 saturated carbocycles. The van der Waals surface area contributed by atoms with Gasteiger partial charge in [-0.2, -0.15) is 11.8 Å². The standard InChI is InChI=1S/C20H33N5O2S2.HI/c1-18-4-3-5-19(16-18)17-23-7-9-24(10-8-23)20(21-2)22-6-15-29(26,27)25-11-13-28-14-12-25;/h3-5,16H,6-15,17H2,1-2H3,(H,21,22);1H. The van der Waals surface area contributed by atoms with Gasteiger partial charge in [-0.1, -0.05) is 29.8 Å². The van der Waals surface area contributed by atoms with Gasteiger partial charge in [0.1, 0.15) is 0 Å².